The Bertz CT molecular complexity index is 527. The second-order valence-electron chi connectivity index (χ2n) is 4.94. The number of nitrogens with one attached hydrogen (secondary N) is 1. The fourth-order valence-corrected chi connectivity index (χ4v) is 3.41. The third-order valence-electron chi connectivity index (χ3n) is 2.61. The Morgan fingerprint density at radius 2 is 2.00 bits per heavy atom. The minimum Gasteiger partial charge on any atom is -0.330 e. The number of benzene rings is 1. The van der Waals surface area contributed by atoms with Gasteiger partial charge in [0.25, 0.3) is 0 Å². The van der Waals surface area contributed by atoms with Crippen molar-refractivity contribution < 1.29 is 12.8 Å². The Morgan fingerprint density at radius 1 is 1.39 bits per heavy atom. The summed E-state index contributed by atoms with van der Waals surface area (Å²) in [6, 6.07) is 3.60. The molecule has 0 amide bonds. The fraction of sp³-hybridized carbons (Fsp3) is 0.500. The molecule has 0 saturated carbocycles. The molecule has 18 heavy (non-hydrogen) atoms. The first kappa shape index (κ1) is 15.1. The van der Waals surface area contributed by atoms with Gasteiger partial charge < -0.3 is 5.73 Å². The molecule has 0 aromatic heterocycles. The van der Waals surface area contributed by atoms with Crippen molar-refractivity contribution in [3.8, 4) is 0 Å². The zero-order chi connectivity index (χ0) is 14.0. The Labute approximate surface area is 107 Å². The van der Waals surface area contributed by atoms with Gasteiger partial charge in [-0.05, 0) is 57.5 Å². The van der Waals surface area contributed by atoms with Crippen LogP contribution in [0.5, 0.6) is 0 Å². The molecular formula is C12H19FN2O2S. The summed E-state index contributed by atoms with van der Waals surface area (Å²) in [4.78, 5) is 0.0917. The molecule has 1 rings (SSSR count). The second kappa shape index (κ2) is 5.34. The van der Waals surface area contributed by atoms with Crippen LogP contribution < -0.4 is 10.5 Å². The molecule has 0 aliphatic carbocycles. The van der Waals surface area contributed by atoms with Crippen LogP contribution >= 0.6 is 0 Å². The van der Waals surface area contributed by atoms with E-state index < -0.39 is 21.4 Å². The maximum atomic E-state index is 13.0. The van der Waals surface area contributed by atoms with Gasteiger partial charge in [0.15, 0.2) is 0 Å². The van der Waals surface area contributed by atoms with Gasteiger partial charge in [-0.3, -0.25) is 0 Å². The average Bonchev–Trinajstić information content (AvgIpc) is 2.14. The topological polar surface area (TPSA) is 72.2 Å². The van der Waals surface area contributed by atoms with Gasteiger partial charge in [0.05, 0.1) is 4.90 Å². The highest BCUT2D eigenvalue weighted by Crippen LogP contribution is 2.19. The van der Waals surface area contributed by atoms with Gasteiger partial charge in [-0.25, -0.2) is 17.5 Å². The van der Waals surface area contributed by atoms with Crippen molar-refractivity contribution in [1.82, 2.24) is 4.72 Å². The smallest absolute Gasteiger partial charge is 0.241 e. The Kier molecular flexibility index (Phi) is 4.47. The van der Waals surface area contributed by atoms with E-state index in [2.05, 4.69) is 4.72 Å². The summed E-state index contributed by atoms with van der Waals surface area (Å²) in [5.41, 5.74) is 5.19. The van der Waals surface area contributed by atoms with Gasteiger partial charge in [0.1, 0.15) is 5.82 Å². The summed E-state index contributed by atoms with van der Waals surface area (Å²) in [6.07, 6.45) is 0.520. The van der Waals surface area contributed by atoms with Crippen LogP contribution in [0.15, 0.2) is 23.1 Å². The van der Waals surface area contributed by atoms with Crippen molar-refractivity contribution in [2.45, 2.75) is 37.6 Å². The van der Waals surface area contributed by atoms with Crippen molar-refractivity contribution in [2.24, 2.45) is 5.73 Å². The number of hydrogen-bond donors (Lipinski definition) is 2. The predicted molar refractivity (Wildman–Crippen MR) is 69.2 cm³/mol. The largest absolute Gasteiger partial charge is 0.330 e. The van der Waals surface area contributed by atoms with Crippen LogP contribution in [0.3, 0.4) is 0 Å². The molecular weight excluding hydrogens is 255 g/mol. The number of halogens is 1. The molecule has 1 aromatic carbocycles. The molecule has 0 spiro atoms. The lowest BCUT2D eigenvalue weighted by Crippen LogP contribution is -2.44. The van der Waals surface area contributed by atoms with Crippen LogP contribution in [0.2, 0.25) is 0 Å². The van der Waals surface area contributed by atoms with Gasteiger partial charge in [0.2, 0.25) is 10.0 Å². The summed E-state index contributed by atoms with van der Waals surface area (Å²) < 4.78 is 39.9. The molecule has 4 nitrogen and oxygen atoms in total. The predicted octanol–water partition coefficient (Wildman–Crippen LogP) is 1.54. The maximum absolute atomic E-state index is 13.0. The highest BCUT2D eigenvalue weighted by Gasteiger charge is 2.26. The summed E-state index contributed by atoms with van der Waals surface area (Å²) in [5, 5.41) is 0. The van der Waals surface area contributed by atoms with E-state index in [1.54, 1.807) is 20.8 Å². The lowest BCUT2D eigenvalue weighted by molar-refractivity contribution is 0.428. The van der Waals surface area contributed by atoms with Crippen LogP contribution in [0.25, 0.3) is 0 Å². The first-order valence-electron chi connectivity index (χ1n) is 5.68. The first-order valence-corrected chi connectivity index (χ1v) is 7.16. The molecule has 0 aliphatic heterocycles. The van der Waals surface area contributed by atoms with Gasteiger partial charge in [-0.2, -0.15) is 0 Å². The Morgan fingerprint density at radius 3 is 2.50 bits per heavy atom. The number of nitrogens with two attached hydrogens (primary N) is 1. The summed E-state index contributed by atoms with van der Waals surface area (Å²) >= 11 is 0. The molecule has 0 unspecified atom stereocenters. The van der Waals surface area contributed by atoms with Crippen molar-refractivity contribution >= 4 is 10.0 Å². The lowest BCUT2D eigenvalue weighted by Gasteiger charge is -2.25. The second-order valence-corrected chi connectivity index (χ2v) is 6.59. The highest BCUT2D eigenvalue weighted by molar-refractivity contribution is 7.89. The standard InChI is InChI=1S/C12H19FN2O2S/c1-9-8-10(13)4-5-11(9)18(16,17)15-12(2,3)6-7-14/h4-5,8,15H,6-7,14H2,1-3H3. The monoisotopic (exact) mass is 274 g/mol. The lowest BCUT2D eigenvalue weighted by atomic mass is 10.0. The number of hydrogen-bond acceptors (Lipinski definition) is 3. The van der Waals surface area contributed by atoms with Crippen molar-refractivity contribution in [2.75, 3.05) is 6.54 Å². The molecule has 0 saturated heterocycles. The van der Waals surface area contributed by atoms with E-state index in [1.165, 1.54) is 12.1 Å². The van der Waals surface area contributed by atoms with Crippen molar-refractivity contribution in [3.05, 3.63) is 29.6 Å². The molecule has 6 heteroatoms. The summed E-state index contributed by atoms with van der Waals surface area (Å²) in [5.74, 6) is -0.451. The molecule has 102 valence electrons. The van der Waals surface area contributed by atoms with E-state index in [-0.39, 0.29) is 4.90 Å². The zero-order valence-electron chi connectivity index (χ0n) is 10.8. The van der Waals surface area contributed by atoms with E-state index in [4.69, 9.17) is 5.73 Å². The molecule has 3 N–H and O–H groups in total. The fourth-order valence-electron chi connectivity index (χ4n) is 1.74. The van der Waals surface area contributed by atoms with Gasteiger partial charge in [0, 0.05) is 5.54 Å². The molecule has 0 radical (unpaired) electrons. The number of rotatable bonds is 5. The van der Waals surface area contributed by atoms with E-state index >= 15 is 0 Å². The molecule has 0 atom stereocenters. The van der Waals surface area contributed by atoms with E-state index in [1.807, 2.05) is 0 Å². The minimum absolute atomic E-state index is 0.0917. The normalized spacial score (nSPS) is 12.7. The Balaban J connectivity index is 3.07. The van der Waals surface area contributed by atoms with Gasteiger partial charge >= 0.3 is 0 Å². The number of aryl methyl sites for hydroxylation is 1. The van der Waals surface area contributed by atoms with Crippen molar-refractivity contribution in [3.63, 3.8) is 0 Å². The average molecular weight is 274 g/mol. The van der Waals surface area contributed by atoms with Gasteiger partial charge in [-0.15, -0.1) is 0 Å². The highest BCUT2D eigenvalue weighted by atomic mass is 32.2. The third-order valence-corrected chi connectivity index (χ3v) is 4.46. The molecule has 0 aliphatic rings. The van der Waals surface area contributed by atoms with Crippen LogP contribution in [0, 0.1) is 12.7 Å². The minimum atomic E-state index is -3.66. The van der Waals surface area contributed by atoms with Crippen LogP contribution in [0.1, 0.15) is 25.8 Å². The van der Waals surface area contributed by atoms with E-state index in [0.29, 0.717) is 18.5 Å². The quantitative estimate of drug-likeness (QED) is 0.855. The molecule has 0 fully saturated rings. The third kappa shape index (κ3) is 3.76. The van der Waals surface area contributed by atoms with Crippen LogP contribution in [0.4, 0.5) is 4.39 Å². The van der Waals surface area contributed by atoms with Crippen LogP contribution in [-0.2, 0) is 10.0 Å². The van der Waals surface area contributed by atoms with Crippen molar-refractivity contribution in [1.29, 1.82) is 0 Å². The first-order chi connectivity index (χ1) is 8.18. The summed E-state index contributed by atoms with van der Waals surface area (Å²) in [7, 11) is -3.66. The Hall–Kier alpha value is -0.980. The van der Waals surface area contributed by atoms with E-state index in [9.17, 15) is 12.8 Å². The summed E-state index contributed by atoms with van der Waals surface area (Å²) in [6.45, 7) is 5.47. The van der Waals surface area contributed by atoms with Crippen LogP contribution in [-0.4, -0.2) is 20.5 Å². The maximum Gasteiger partial charge on any atom is 0.241 e. The number of sulfonamides is 1. The molecule has 0 bridgehead atoms. The molecule has 0 heterocycles. The SMILES string of the molecule is Cc1cc(F)ccc1S(=O)(=O)NC(C)(C)CCN. The molecule has 1 aromatic rings. The van der Waals surface area contributed by atoms with Gasteiger partial charge in [-0.1, -0.05) is 0 Å². The zero-order valence-corrected chi connectivity index (χ0v) is 11.6. The van der Waals surface area contributed by atoms with E-state index in [0.717, 1.165) is 6.07 Å².